The van der Waals surface area contributed by atoms with E-state index in [0.717, 1.165) is 11.1 Å². The average Bonchev–Trinajstić information content (AvgIpc) is 2.34. The molecule has 0 aliphatic heterocycles. The van der Waals surface area contributed by atoms with E-state index < -0.39 is 0 Å². The van der Waals surface area contributed by atoms with Crippen LogP contribution in [0.15, 0.2) is 36.4 Å². The predicted octanol–water partition coefficient (Wildman–Crippen LogP) is 5.94. The van der Waals surface area contributed by atoms with Crippen LogP contribution in [0.2, 0.25) is 10.0 Å². The molecule has 0 bridgehead atoms. The van der Waals surface area contributed by atoms with Crippen LogP contribution < -0.4 is 0 Å². The number of hydrogen-bond donors (Lipinski definition) is 0. The number of halogens is 3. The Kier molecular flexibility index (Phi) is 4.21. The largest absolute Gasteiger partial charge is 0.113 e. The van der Waals surface area contributed by atoms with E-state index in [1.807, 2.05) is 43.3 Å². The summed E-state index contributed by atoms with van der Waals surface area (Å²) in [5, 5.41) is 1.15. The summed E-state index contributed by atoms with van der Waals surface area (Å²) < 4.78 is 0. The first kappa shape index (κ1) is 13.7. The molecule has 0 aliphatic carbocycles. The second-order valence-corrected chi connectivity index (χ2v) is 5.65. The zero-order valence-electron chi connectivity index (χ0n) is 10.2. The van der Waals surface area contributed by atoms with E-state index in [0.29, 0.717) is 10.0 Å². The first-order valence-electron chi connectivity index (χ1n) is 5.65. The summed E-state index contributed by atoms with van der Waals surface area (Å²) in [4.78, 5) is 0. The van der Waals surface area contributed by atoms with Crippen molar-refractivity contribution >= 4 is 34.8 Å². The van der Waals surface area contributed by atoms with Crippen molar-refractivity contribution in [3.63, 3.8) is 0 Å². The molecule has 0 aliphatic rings. The van der Waals surface area contributed by atoms with E-state index in [-0.39, 0.29) is 5.38 Å². The Labute approximate surface area is 122 Å². The Hall–Kier alpha value is -0.690. The molecule has 18 heavy (non-hydrogen) atoms. The van der Waals surface area contributed by atoms with Crippen LogP contribution in [0.1, 0.15) is 27.6 Å². The van der Waals surface area contributed by atoms with Crippen molar-refractivity contribution in [3.05, 3.63) is 68.7 Å². The Morgan fingerprint density at radius 2 is 1.44 bits per heavy atom. The van der Waals surface area contributed by atoms with Gasteiger partial charge in [0.1, 0.15) is 0 Å². The number of alkyl halides is 1. The normalized spacial score (nSPS) is 12.5. The summed E-state index contributed by atoms with van der Waals surface area (Å²) in [6.07, 6.45) is 0. The van der Waals surface area contributed by atoms with Crippen molar-refractivity contribution in [2.24, 2.45) is 0 Å². The minimum Gasteiger partial charge on any atom is -0.113 e. The maximum Gasteiger partial charge on any atom is 0.0849 e. The van der Waals surface area contributed by atoms with Crippen LogP contribution >= 0.6 is 34.8 Å². The van der Waals surface area contributed by atoms with Crippen molar-refractivity contribution in [2.45, 2.75) is 19.2 Å². The Bertz CT molecular complexity index is 559. The van der Waals surface area contributed by atoms with E-state index in [1.54, 1.807) is 0 Å². The molecule has 0 fully saturated rings. The van der Waals surface area contributed by atoms with Gasteiger partial charge in [0.15, 0.2) is 0 Å². The monoisotopic (exact) mass is 298 g/mol. The summed E-state index contributed by atoms with van der Waals surface area (Å²) in [6, 6.07) is 11.5. The first-order valence-corrected chi connectivity index (χ1v) is 6.84. The highest BCUT2D eigenvalue weighted by Gasteiger charge is 2.15. The molecule has 0 heterocycles. The topological polar surface area (TPSA) is 0 Å². The molecule has 3 heteroatoms. The standard InChI is InChI=1S/C15H13Cl3/c1-9-7-13(14(17)8-10(9)2)15(18)11-3-5-12(16)6-4-11/h3-8,15H,1-2H3. The molecule has 0 amide bonds. The summed E-state index contributed by atoms with van der Waals surface area (Å²) in [5.41, 5.74) is 4.28. The lowest BCUT2D eigenvalue weighted by atomic mass is 10.00. The van der Waals surface area contributed by atoms with Gasteiger partial charge in [-0.3, -0.25) is 0 Å². The van der Waals surface area contributed by atoms with Crippen molar-refractivity contribution in [3.8, 4) is 0 Å². The number of rotatable bonds is 2. The fourth-order valence-electron chi connectivity index (χ4n) is 1.81. The Morgan fingerprint density at radius 1 is 0.889 bits per heavy atom. The van der Waals surface area contributed by atoms with E-state index in [9.17, 15) is 0 Å². The summed E-state index contributed by atoms with van der Waals surface area (Å²) in [6.45, 7) is 4.09. The summed E-state index contributed by atoms with van der Waals surface area (Å²) in [7, 11) is 0. The second kappa shape index (κ2) is 5.52. The fraction of sp³-hybridized carbons (Fsp3) is 0.200. The van der Waals surface area contributed by atoms with Gasteiger partial charge in [-0.05, 0) is 54.3 Å². The minimum atomic E-state index is -0.255. The maximum absolute atomic E-state index is 6.49. The van der Waals surface area contributed by atoms with Crippen LogP contribution in [0.4, 0.5) is 0 Å². The zero-order valence-corrected chi connectivity index (χ0v) is 12.4. The lowest BCUT2D eigenvalue weighted by Gasteiger charge is -2.14. The number of hydrogen-bond acceptors (Lipinski definition) is 0. The van der Waals surface area contributed by atoms with E-state index in [2.05, 4.69) is 6.92 Å². The maximum atomic E-state index is 6.49. The molecule has 1 atom stereocenters. The molecule has 94 valence electrons. The predicted molar refractivity (Wildman–Crippen MR) is 80.1 cm³/mol. The Balaban J connectivity index is 2.42. The second-order valence-electron chi connectivity index (χ2n) is 4.37. The molecule has 0 spiro atoms. The third-order valence-corrected chi connectivity index (χ3v) is 4.12. The highest BCUT2D eigenvalue weighted by atomic mass is 35.5. The Morgan fingerprint density at radius 3 is 2.06 bits per heavy atom. The van der Waals surface area contributed by atoms with Crippen LogP contribution in [0.5, 0.6) is 0 Å². The van der Waals surface area contributed by atoms with E-state index in [1.165, 1.54) is 11.1 Å². The lowest BCUT2D eigenvalue weighted by molar-refractivity contribution is 1.12. The molecule has 0 aromatic heterocycles. The molecule has 2 aromatic carbocycles. The van der Waals surface area contributed by atoms with E-state index in [4.69, 9.17) is 34.8 Å². The third kappa shape index (κ3) is 2.83. The van der Waals surface area contributed by atoms with Crippen LogP contribution in [0.25, 0.3) is 0 Å². The zero-order chi connectivity index (χ0) is 13.3. The highest BCUT2D eigenvalue weighted by Crippen LogP contribution is 2.35. The van der Waals surface area contributed by atoms with Gasteiger partial charge in [-0.1, -0.05) is 41.4 Å². The molecular weight excluding hydrogens is 287 g/mol. The SMILES string of the molecule is Cc1cc(Cl)c(C(Cl)c2ccc(Cl)cc2)cc1C. The van der Waals surface area contributed by atoms with Gasteiger partial charge in [-0.25, -0.2) is 0 Å². The quantitative estimate of drug-likeness (QED) is 0.602. The first-order chi connectivity index (χ1) is 8.49. The molecule has 2 aromatic rings. The van der Waals surface area contributed by atoms with Crippen LogP contribution in [-0.4, -0.2) is 0 Å². The number of aryl methyl sites for hydroxylation is 2. The molecule has 2 rings (SSSR count). The van der Waals surface area contributed by atoms with Crippen molar-refractivity contribution < 1.29 is 0 Å². The minimum absolute atomic E-state index is 0.255. The van der Waals surface area contributed by atoms with Gasteiger partial charge in [0, 0.05) is 10.0 Å². The van der Waals surface area contributed by atoms with Gasteiger partial charge in [-0.15, -0.1) is 11.6 Å². The van der Waals surface area contributed by atoms with Crippen LogP contribution in [-0.2, 0) is 0 Å². The fourth-order valence-corrected chi connectivity index (χ4v) is 2.64. The third-order valence-electron chi connectivity index (χ3n) is 3.05. The van der Waals surface area contributed by atoms with Crippen molar-refractivity contribution in [1.82, 2.24) is 0 Å². The highest BCUT2D eigenvalue weighted by molar-refractivity contribution is 6.33. The van der Waals surface area contributed by atoms with Gasteiger partial charge < -0.3 is 0 Å². The molecule has 1 unspecified atom stereocenters. The van der Waals surface area contributed by atoms with Gasteiger partial charge >= 0.3 is 0 Å². The lowest BCUT2D eigenvalue weighted by Crippen LogP contribution is -1.96. The molecule has 0 nitrogen and oxygen atoms in total. The summed E-state index contributed by atoms with van der Waals surface area (Å²) >= 11 is 18.6. The van der Waals surface area contributed by atoms with Gasteiger partial charge in [0.25, 0.3) is 0 Å². The smallest absolute Gasteiger partial charge is 0.0849 e. The molecule has 0 radical (unpaired) electrons. The molecule has 0 saturated carbocycles. The number of benzene rings is 2. The summed E-state index contributed by atoms with van der Waals surface area (Å²) in [5.74, 6) is 0. The average molecular weight is 300 g/mol. The van der Waals surface area contributed by atoms with Crippen molar-refractivity contribution in [1.29, 1.82) is 0 Å². The van der Waals surface area contributed by atoms with Crippen LogP contribution in [0, 0.1) is 13.8 Å². The van der Waals surface area contributed by atoms with Gasteiger partial charge in [0.2, 0.25) is 0 Å². The molecule has 0 saturated heterocycles. The molecular formula is C15H13Cl3. The molecule has 0 N–H and O–H groups in total. The van der Waals surface area contributed by atoms with Gasteiger partial charge in [0.05, 0.1) is 5.38 Å². The van der Waals surface area contributed by atoms with Gasteiger partial charge in [-0.2, -0.15) is 0 Å². The van der Waals surface area contributed by atoms with E-state index >= 15 is 0 Å². The van der Waals surface area contributed by atoms with Crippen LogP contribution in [0.3, 0.4) is 0 Å². The van der Waals surface area contributed by atoms with Crippen molar-refractivity contribution in [2.75, 3.05) is 0 Å².